The molecule has 2 aromatic heterocycles. The quantitative estimate of drug-likeness (QED) is 0.940. The molecule has 0 radical (unpaired) electrons. The van der Waals surface area contributed by atoms with E-state index in [1.54, 1.807) is 6.07 Å². The molecule has 0 unspecified atom stereocenters. The fraction of sp³-hybridized carbons (Fsp3) is 0.300. The van der Waals surface area contributed by atoms with Crippen molar-refractivity contribution in [2.75, 3.05) is 4.72 Å². The third kappa shape index (κ3) is 2.85. The number of thiophene rings is 1. The molecule has 0 amide bonds. The van der Waals surface area contributed by atoms with Crippen LogP contribution in [0.3, 0.4) is 0 Å². The molecule has 0 aliphatic rings. The third-order valence-electron chi connectivity index (χ3n) is 2.15. The maximum atomic E-state index is 12.0. The monoisotopic (exact) mass is 306 g/mol. The average molecular weight is 307 g/mol. The SMILES string of the molecule is CC(C)c1cc(NS(=O)(=O)c2ccc(Cl)s2)no1. The lowest BCUT2D eigenvalue weighted by atomic mass is 10.2. The van der Waals surface area contributed by atoms with Crippen molar-refractivity contribution in [2.45, 2.75) is 24.0 Å². The molecule has 1 N–H and O–H groups in total. The molecule has 0 atom stereocenters. The van der Waals surface area contributed by atoms with Gasteiger partial charge in [0.1, 0.15) is 9.97 Å². The molecule has 0 bridgehead atoms. The van der Waals surface area contributed by atoms with E-state index in [-0.39, 0.29) is 15.9 Å². The number of nitrogens with zero attached hydrogens (tertiary/aromatic N) is 1. The molecular formula is C10H11ClN2O3S2. The Bertz CT molecular complexity index is 646. The van der Waals surface area contributed by atoms with Gasteiger partial charge in [-0.05, 0) is 12.1 Å². The van der Waals surface area contributed by atoms with E-state index >= 15 is 0 Å². The Labute approximate surface area is 114 Å². The maximum absolute atomic E-state index is 12.0. The first-order chi connectivity index (χ1) is 8.38. The first-order valence-electron chi connectivity index (χ1n) is 5.13. The number of halogens is 1. The first-order valence-corrected chi connectivity index (χ1v) is 7.81. The number of hydrogen-bond acceptors (Lipinski definition) is 5. The van der Waals surface area contributed by atoms with E-state index in [4.69, 9.17) is 16.1 Å². The number of rotatable bonds is 4. The Hall–Kier alpha value is -1.05. The van der Waals surface area contributed by atoms with Gasteiger partial charge in [-0.15, -0.1) is 11.3 Å². The fourth-order valence-electron chi connectivity index (χ4n) is 1.24. The number of nitrogens with one attached hydrogen (secondary N) is 1. The summed E-state index contributed by atoms with van der Waals surface area (Å²) in [6, 6.07) is 4.54. The van der Waals surface area contributed by atoms with Gasteiger partial charge in [0.15, 0.2) is 5.82 Å². The van der Waals surface area contributed by atoms with Gasteiger partial charge in [-0.2, -0.15) is 0 Å². The van der Waals surface area contributed by atoms with E-state index in [2.05, 4.69) is 9.88 Å². The predicted octanol–water partition coefficient (Wildman–Crippen LogP) is 3.31. The van der Waals surface area contributed by atoms with Crippen molar-refractivity contribution in [3.05, 3.63) is 28.3 Å². The van der Waals surface area contributed by atoms with Crippen LogP contribution in [-0.4, -0.2) is 13.6 Å². The lowest BCUT2D eigenvalue weighted by molar-refractivity contribution is 0.373. The smallest absolute Gasteiger partial charge is 0.272 e. The number of hydrogen-bond donors (Lipinski definition) is 1. The van der Waals surface area contributed by atoms with Crippen molar-refractivity contribution >= 4 is 38.8 Å². The zero-order valence-corrected chi connectivity index (χ0v) is 12.1. The normalized spacial score (nSPS) is 12.0. The second kappa shape index (κ2) is 4.91. The van der Waals surface area contributed by atoms with Gasteiger partial charge in [0.05, 0.1) is 4.34 Å². The Morgan fingerprint density at radius 1 is 1.44 bits per heavy atom. The highest BCUT2D eigenvalue weighted by atomic mass is 35.5. The molecule has 5 nitrogen and oxygen atoms in total. The maximum Gasteiger partial charge on any atom is 0.272 e. The first kappa shape index (κ1) is 13.4. The standard InChI is InChI=1S/C10H11ClN2O3S2/c1-6(2)7-5-9(12-16-7)13-18(14,15)10-4-3-8(11)17-10/h3-6H,1-2H3,(H,12,13). The van der Waals surface area contributed by atoms with Gasteiger partial charge in [-0.25, -0.2) is 8.42 Å². The van der Waals surface area contributed by atoms with Crippen LogP contribution in [0.25, 0.3) is 0 Å². The van der Waals surface area contributed by atoms with Crippen molar-refractivity contribution < 1.29 is 12.9 Å². The molecular weight excluding hydrogens is 296 g/mol. The summed E-state index contributed by atoms with van der Waals surface area (Å²) < 4.78 is 31.8. The Morgan fingerprint density at radius 3 is 2.67 bits per heavy atom. The van der Waals surface area contributed by atoms with Gasteiger partial charge in [0.25, 0.3) is 10.0 Å². The molecule has 8 heteroatoms. The molecule has 2 rings (SSSR count). The third-order valence-corrected chi connectivity index (χ3v) is 5.23. The summed E-state index contributed by atoms with van der Waals surface area (Å²) in [5.41, 5.74) is 0. The highest BCUT2D eigenvalue weighted by Crippen LogP contribution is 2.27. The van der Waals surface area contributed by atoms with Crippen LogP contribution in [0.15, 0.2) is 26.9 Å². The Kier molecular flexibility index (Phi) is 3.65. The van der Waals surface area contributed by atoms with Gasteiger partial charge in [-0.1, -0.05) is 30.6 Å². The molecule has 0 fully saturated rings. The van der Waals surface area contributed by atoms with Crippen molar-refractivity contribution in [2.24, 2.45) is 0 Å². The summed E-state index contributed by atoms with van der Waals surface area (Å²) in [7, 11) is -3.64. The predicted molar refractivity (Wildman–Crippen MR) is 70.7 cm³/mol. The van der Waals surface area contributed by atoms with Gasteiger partial charge >= 0.3 is 0 Å². The summed E-state index contributed by atoms with van der Waals surface area (Å²) in [6.45, 7) is 3.86. The van der Waals surface area contributed by atoms with E-state index in [1.165, 1.54) is 12.1 Å². The van der Waals surface area contributed by atoms with E-state index in [9.17, 15) is 8.42 Å². The number of aromatic nitrogens is 1. The highest BCUT2D eigenvalue weighted by Gasteiger charge is 2.19. The van der Waals surface area contributed by atoms with Crippen molar-refractivity contribution in [1.29, 1.82) is 0 Å². The minimum absolute atomic E-state index is 0.140. The zero-order chi connectivity index (χ0) is 13.3. The van der Waals surface area contributed by atoms with E-state index in [1.807, 2.05) is 13.8 Å². The molecule has 0 aromatic carbocycles. The molecule has 98 valence electrons. The van der Waals surface area contributed by atoms with Crippen LogP contribution in [0.5, 0.6) is 0 Å². The summed E-state index contributed by atoms with van der Waals surface area (Å²) in [6.07, 6.45) is 0. The van der Waals surface area contributed by atoms with Crippen molar-refractivity contribution in [1.82, 2.24) is 5.16 Å². The van der Waals surface area contributed by atoms with Crippen molar-refractivity contribution in [3.63, 3.8) is 0 Å². The Balaban J connectivity index is 2.22. The van der Waals surface area contributed by atoms with Crippen LogP contribution < -0.4 is 4.72 Å². The molecule has 2 heterocycles. The average Bonchev–Trinajstić information content (AvgIpc) is 2.86. The molecule has 0 saturated heterocycles. The van der Waals surface area contributed by atoms with Gasteiger partial charge in [0, 0.05) is 12.0 Å². The second-order valence-electron chi connectivity index (χ2n) is 3.93. The van der Waals surface area contributed by atoms with Gasteiger partial charge < -0.3 is 4.52 Å². The number of anilines is 1. The summed E-state index contributed by atoms with van der Waals surface area (Å²) in [4.78, 5) is 0. The molecule has 2 aromatic rings. The van der Waals surface area contributed by atoms with Crippen LogP contribution in [0.4, 0.5) is 5.82 Å². The summed E-state index contributed by atoms with van der Waals surface area (Å²) >= 11 is 6.69. The molecule has 0 saturated carbocycles. The second-order valence-corrected chi connectivity index (χ2v) is 7.56. The lowest BCUT2D eigenvalue weighted by Crippen LogP contribution is -2.11. The van der Waals surface area contributed by atoms with Crippen LogP contribution in [-0.2, 0) is 10.0 Å². The van der Waals surface area contributed by atoms with Gasteiger partial charge in [0.2, 0.25) is 0 Å². The van der Waals surface area contributed by atoms with Crippen LogP contribution in [0.1, 0.15) is 25.5 Å². The van der Waals surface area contributed by atoms with Crippen LogP contribution >= 0.6 is 22.9 Å². The molecule has 0 spiro atoms. The van der Waals surface area contributed by atoms with E-state index in [0.717, 1.165) is 11.3 Å². The molecule has 0 aliphatic carbocycles. The minimum Gasteiger partial charge on any atom is -0.359 e. The van der Waals surface area contributed by atoms with Gasteiger partial charge in [-0.3, -0.25) is 4.72 Å². The molecule has 18 heavy (non-hydrogen) atoms. The topological polar surface area (TPSA) is 72.2 Å². The zero-order valence-electron chi connectivity index (χ0n) is 9.68. The minimum atomic E-state index is -3.64. The Morgan fingerprint density at radius 2 is 2.17 bits per heavy atom. The van der Waals surface area contributed by atoms with E-state index in [0.29, 0.717) is 10.1 Å². The number of sulfonamides is 1. The largest absolute Gasteiger partial charge is 0.359 e. The van der Waals surface area contributed by atoms with Crippen LogP contribution in [0, 0.1) is 0 Å². The summed E-state index contributed by atoms with van der Waals surface area (Å²) in [5, 5.41) is 3.66. The van der Waals surface area contributed by atoms with E-state index < -0.39 is 10.0 Å². The fourth-order valence-corrected chi connectivity index (χ4v) is 3.71. The van der Waals surface area contributed by atoms with Crippen LogP contribution in [0.2, 0.25) is 4.34 Å². The summed E-state index contributed by atoms with van der Waals surface area (Å²) in [5.74, 6) is 0.937. The highest BCUT2D eigenvalue weighted by molar-refractivity contribution is 7.94. The molecule has 0 aliphatic heterocycles. The van der Waals surface area contributed by atoms with Crippen molar-refractivity contribution in [3.8, 4) is 0 Å². The lowest BCUT2D eigenvalue weighted by Gasteiger charge is -2.00.